The Morgan fingerprint density at radius 3 is 1.30 bits per heavy atom. The standard InChI is InChI=1S/C44H28N2O/c45-29-30-11-13-37(14-12-30)40-27-41(38-23-19-34(20-24-38)32-9-5-2-6-10-32)43-42(28-40)47-44(46-43)39-25-21-36(22-26-39)35-17-15-33(16-18-35)31-7-3-1-4-8-31/h1-28H. The van der Waals surface area contributed by atoms with Crippen molar-refractivity contribution in [3.05, 3.63) is 175 Å². The van der Waals surface area contributed by atoms with Crippen LogP contribution in [0.5, 0.6) is 0 Å². The maximum atomic E-state index is 9.31. The molecule has 0 bridgehead atoms. The van der Waals surface area contributed by atoms with Gasteiger partial charge >= 0.3 is 0 Å². The maximum Gasteiger partial charge on any atom is 0.227 e. The van der Waals surface area contributed by atoms with Gasteiger partial charge in [-0.2, -0.15) is 5.26 Å². The van der Waals surface area contributed by atoms with Gasteiger partial charge in [0.05, 0.1) is 11.6 Å². The van der Waals surface area contributed by atoms with Gasteiger partial charge in [-0.25, -0.2) is 4.98 Å². The van der Waals surface area contributed by atoms with E-state index in [0.29, 0.717) is 17.0 Å². The van der Waals surface area contributed by atoms with E-state index < -0.39 is 0 Å². The minimum absolute atomic E-state index is 0.574. The Hall–Kier alpha value is -6.50. The minimum atomic E-state index is 0.574. The van der Waals surface area contributed by atoms with Crippen molar-refractivity contribution in [3.8, 4) is 73.2 Å². The summed E-state index contributed by atoms with van der Waals surface area (Å²) in [5, 5.41) is 9.31. The van der Waals surface area contributed by atoms with Crippen LogP contribution in [0.25, 0.3) is 78.2 Å². The summed E-state index contributed by atoms with van der Waals surface area (Å²) in [4.78, 5) is 5.04. The van der Waals surface area contributed by atoms with Crippen molar-refractivity contribution < 1.29 is 4.42 Å². The van der Waals surface area contributed by atoms with E-state index in [-0.39, 0.29) is 0 Å². The number of aromatic nitrogens is 1. The average Bonchev–Trinajstić information content (AvgIpc) is 3.60. The molecule has 0 saturated heterocycles. The van der Waals surface area contributed by atoms with Gasteiger partial charge < -0.3 is 4.42 Å². The number of rotatable bonds is 6. The van der Waals surface area contributed by atoms with Crippen LogP contribution in [0.2, 0.25) is 0 Å². The molecule has 8 rings (SSSR count). The Labute approximate surface area is 273 Å². The smallest absolute Gasteiger partial charge is 0.227 e. The lowest BCUT2D eigenvalue weighted by atomic mass is 9.95. The first kappa shape index (κ1) is 28.0. The summed E-state index contributed by atoms with van der Waals surface area (Å²) >= 11 is 0. The van der Waals surface area contributed by atoms with E-state index in [1.54, 1.807) is 0 Å². The Bertz CT molecular complexity index is 2350. The Balaban J connectivity index is 1.16. The van der Waals surface area contributed by atoms with E-state index in [0.717, 1.165) is 50.0 Å². The van der Waals surface area contributed by atoms with Crippen molar-refractivity contribution in [2.24, 2.45) is 0 Å². The zero-order chi connectivity index (χ0) is 31.6. The van der Waals surface area contributed by atoms with Crippen LogP contribution in [-0.2, 0) is 0 Å². The van der Waals surface area contributed by atoms with Gasteiger partial charge in [0.1, 0.15) is 5.52 Å². The number of oxazole rings is 1. The van der Waals surface area contributed by atoms with Crippen molar-refractivity contribution >= 4 is 11.1 Å². The van der Waals surface area contributed by atoms with Gasteiger partial charge in [-0.15, -0.1) is 0 Å². The van der Waals surface area contributed by atoms with Crippen LogP contribution in [0.1, 0.15) is 5.56 Å². The summed E-state index contributed by atoms with van der Waals surface area (Å²) in [6.45, 7) is 0. The summed E-state index contributed by atoms with van der Waals surface area (Å²) in [6, 6.07) is 60.5. The SMILES string of the molecule is N#Cc1ccc(-c2cc(-c3ccc(-c4ccccc4)cc3)c3nc(-c4ccc(-c5ccc(-c6ccccc6)cc5)cc4)oc3c2)cc1. The van der Waals surface area contributed by atoms with E-state index in [1.165, 1.54) is 16.7 Å². The van der Waals surface area contributed by atoms with Gasteiger partial charge in [0.2, 0.25) is 5.89 Å². The van der Waals surface area contributed by atoms with Crippen LogP contribution >= 0.6 is 0 Å². The quantitative estimate of drug-likeness (QED) is 0.191. The Kier molecular flexibility index (Phi) is 7.22. The van der Waals surface area contributed by atoms with Crippen LogP contribution < -0.4 is 0 Å². The first-order valence-electron chi connectivity index (χ1n) is 15.6. The minimum Gasteiger partial charge on any atom is -0.436 e. The molecule has 0 radical (unpaired) electrons. The van der Waals surface area contributed by atoms with Crippen molar-refractivity contribution in [2.45, 2.75) is 0 Å². The van der Waals surface area contributed by atoms with Crippen molar-refractivity contribution in [2.75, 3.05) is 0 Å². The molecule has 0 saturated carbocycles. The highest BCUT2D eigenvalue weighted by Crippen LogP contribution is 2.37. The molecule has 0 fully saturated rings. The highest BCUT2D eigenvalue weighted by Gasteiger charge is 2.16. The van der Waals surface area contributed by atoms with Crippen LogP contribution in [0.4, 0.5) is 0 Å². The van der Waals surface area contributed by atoms with E-state index in [2.05, 4.69) is 133 Å². The second-order valence-corrected chi connectivity index (χ2v) is 11.5. The summed E-state index contributed by atoms with van der Waals surface area (Å²) < 4.78 is 6.46. The second-order valence-electron chi connectivity index (χ2n) is 11.5. The Morgan fingerprint density at radius 2 is 0.809 bits per heavy atom. The number of nitrogens with zero attached hydrogens (tertiary/aromatic N) is 2. The first-order valence-corrected chi connectivity index (χ1v) is 15.6. The van der Waals surface area contributed by atoms with Crippen molar-refractivity contribution in [3.63, 3.8) is 0 Å². The third kappa shape index (κ3) is 5.61. The molecular weight excluding hydrogens is 572 g/mol. The molecule has 0 spiro atoms. The van der Waals surface area contributed by atoms with Crippen LogP contribution in [0.3, 0.4) is 0 Å². The Morgan fingerprint density at radius 1 is 0.404 bits per heavy atom. The molecule has 3 heteroatoms. The van der Waals surface area contributed by atoms with Gasteiger partial charge in [0.15, 0.2) is 5.58 Å². The number of fused-ring (bicyclic) bond motifs is 1. The monoisotopic (exact) mass is 600 g/mol. The molecule has 47 heavy (non-hydrogen) atoms. The molecule has 3 nitrogen and oxygen atoms in total. The number of hydrogen-bond acceptors (Lipinski definition) is 3. The lowest BCUT2D eigenvalue weighted by molar-refractivity contribution is 0.620. The van der Waals surface area contributed by atoms with Crippen LogP contribution in [0, 0.1) is 11.3 Å². The van der Waals surface area contributed by atoms with Gasteiger partial charge in [-0.05, 0) is 86.5 Å². The average molecular weight is 601 g/mol. The molecule has 0 aliphatic rings. The maximum absolute atomic E-state index is 9.31. The first-order chi connectivity index (χ1) is 23.2. The highest BCUT2D eigenvalue weighted by atomic mass is 16.3. The van der Waals surface area contributed by atoms with E-state index in [4.69, 9.17) is 9.40 Å². The molecule has 0 amide bonds. The van der Waals surface area contributed by atoms with Gasteiger partial charge in [0.25, 0.3) is 0 Å². The highest BCUT2D eigenvalue weighted by molar-refractivity contribution is 5.96. The summed E-state index contributed by atoms with van der Waals surface area (Å²) in [7, 11) is 0. The summed E-state index contributed by atoms with van der Waals surface area (Å²) in [5.41, 5.74) is 14.1. The number of benzene rings is 7. The van der Waals surface area contributed by atoms with Crippen LogP contribution in [-0.4, -0.2) is 4.98 Å². The molecule has 0 atom stereocenters. The van der Waals surface area contributed by atoms with Gasteiger partial charge in [-0.1, -0.05) is 133 Å². The molecule has 0 N–H and O–H groups in total. The molecular formula is C44H28N2O. The number of hydrogen-bond donors (Lipinski definition) is 0. The van der Waals surface area contributed by atoms with Crippen molar-refractivity contribution in [1.29, 1.82) is 5.26 Å². The molecule has 7 aromatic carbocycles. The van der Waals surface area contributed by atoms with Crippen molar-refractivity contribution in [1.82, 2.24) is 4.98 Å². The molecule has 0 aliphatic carbocycles. The molecule has 1 heterocycles. The second kappa shape index (κ2) is 12.1. The number of nitriles is 1. The molecule has 220 valence electrons. The normalized spacial score (nSPS) is 11.0. The largest absolute Gasteiger partial charge is 0.436 e. The third-order valence-electron chi connectivity index (χ3n) is 8.60. The predicted octanol–water partition coefficient (Wildman–Crippen LogP) is 11.7. The zero-order valence-corrected chi connectivity index (χ0v) is 25.5. The van der Waals surface area contributed by atoms with E-state index >= 15 is 0 Å². The van der Waals surface area contributed by atoms with Gasteiger partial charge in [-0.3, -0.25) is 0 Å². The third-order valence-corrected chi connectivity index (χ3v) is 8.60. The lowest BCUT2D eigenvalue weighted by Crippen LogP contribution is -1.86. The topological polar surface area (TPSA) is 49.8 Å². The molecule has 0 aliphatic heterocycles. The summed E-state index contributed by atoms with van der Waals surface area (Å²) in [5.74, 6) is 0.574. The van der Waals surface area contributed by atoms with E-state index in [9.17, 15) is 5.26 Å². The van der Waals surface area contributed by atoms with Gasteiger partial charge in [0, 0.05) is 11.1 Å². The fourth-order valence-corrected chi connectivity index (χ4v) is 6.04. The fraction of sp³-hybridized carbons (Fsp3) is 0. The summed E-state index contributed by atoms with van der Waals surface area (Å²) in [6.07, 6.45) is 0. The molecule has 0 unspecified atom stereocenters. The predicted molar refractivity (Wildman–Crippen MR) is 191 cm³/mol. The fourth-order valence-electron chi connectivity index (χ4n) is 6.04. The molecule has 1 aromatic heterocycles. The van der Waals surface area contributed by atoms with E-state index in [1.807, 2.05) is 42.5 Å². The zero-order valence-electron chi connectivity index (χ0n) is 25.5. The lowest BCUT2D eigenvalue weighted by Gasteiger charge is -2.09. The molecule has 8 aromatic rings. The van der Waals surface area contributed by atoms with Crippen LogP contribution in [0.15, 0.2) is 174 Å².